The smallest absolute Gasteiger partial charge is 0.0720 e. The monoisotopic (exact) mass is 211 g/mol. The Bertz CT molecular complexity index is 213. The average Bonchev–Trinajstić information content (AvgIpc) is 2.41. The maximum atomic E-state index is 10.7. The summed E-state index contributed by atoms with van der Waals surface area (Å²) in [5.41, 5.74) is 5.62. The Morgan fingerprint density at radius 2 is 1.67 bits per heavy atom. The summed E-state index contributed by atoms with van der Waals surface area (Å²) in [5, 5.41) is 10.7. The van der Waals surface area contributed by atoms with Crippen LogP contribution in [0.4, 0.5) is 0 Å². The summed E-state index contributed by atoms with van der Waals surface area (Å²) in [6, 6.07) is 0. The first kappa shape index (κ1) is 11.4. The van der Waals surface area contributed by atoms with Crippen LogP contribution in [0.1, 0.15) is 58.3 Å². The Labute approximate surface area is 93.2 Å². The van der Waals surface area contributed by atoms with Gasteiger partial charge < -0.3 is 10.8 Å². The van der Waals surface area contributed by atoms with Gasteiger partial charge in [-0.05, 0) is 31.6 Å². The Balaban J connectivity index is 2.12. The Morgan fingerprint density at radius 3 is 2.07 bits per heavy atom. The molecule has 2 nitrogen and oxygen atoms in total. The zero-order chi connectivity index (χ0) is 10.9. The van der Waals surface area contributed by atoms with Crippen molar-refractivity contribution < 1.29 is 5.11 Å². The zero-order valence-corrected chi connectivity index (χ0v) is 9.97. The fourth-order valence-corrected chi connectivity index (χ4v) is 3.79. The third kappa shape index (κ3) is 1.83. The summed E-state index contributed by atoms with van der Waals surface area (Å²) in [6.07, 6.45) is 9.41. The number of hydrogen-bond donors (Lipinski definition) is 2. The molecule has 0 amide bonds. The van der Waals surface area contributed by atoms with E-state index in [1.165, 1.54) is 25.7 Å². The van der Waals surface area contributed by atoms with E-state index in [1.54, 1.807) is 0 Å². The molecule has 2 saturated carbocycles. The standard InChI is InChI=1S/C13H25NO/c1-11-8-13(15,9-11)12(10-14)6-4-2-3-5-7-12/h11,15H,2-10,14H2,1H3. The third-order valence-corrected chi connectivity index (χ3v) is 4.81. The highest BCUT2D eigenvalue weighted by Crippen LogP contribution is 2.54. The van der Waals surface area contributed by atoms with Gasteiger partial charge in [0.15, 0.2) is 0 Å². The quantitative estimate of drug-likeness (QED) is 0.689. The van der Waals surface area contributed by atoms with E-state index in [0.717, 1.165) is 25.7 Å². The minimum atomic E-state index is -0.425. The molecule has 2 rings (SSSR count). The second-order valence-electron chi connectivity index (χ2n) is 5.94. The summed E-state index contributed by atoms with van der Waals surface area (Å²) in [7, 11) is 0. The lowest BCUT2D eigenvalue weighted by Gasteiger charge is -2.55. The van der Waals surface area contributed by atoms with Gasteiger partial charge in [0.2, 0.25) is 0 Å². The minimum absolute atomic E-state index is 0.0516. The van der Waals surface area contributed by atoms with E-state index in [-0.39, 0.29) is 5.41 Å². The molecular weight excluding hydrogens is 186 g/mol. The number of rotatable bonds is 2. The highest BCUT2D eigenvalue weighted by molar-refractivity contribution is 5.07. The Hall–Kier alpha value is -0.0800. The number of hydrogen-bond acceptors (Lipinski definition) is 2. The molecule has 88 valence electrons. The number of aliphatic hydroxyl groups is 1. The predicted molar refractivity (Wildman–Crippen MR) is 62.5 cm³/mol. The van der Waals surface area contributed by atoms with Crippen LogP contribution in [0.5, 0.6) is 0 Å². The lowest BCUT2D eigenvalue weighted by Crippen LogP contribution is -2.59. The van der Waals surface area contributed by atoms with Gasteiger partial charge in [0.1, 0.15) is 0 Å². The Morgan fingerprint density at radius 1 is 1.13 bits per heavy atom. The highest BCUT2D eigenvalue weighted by Gasteiger charge is 2.54. The van der Waals surface area contributed by atoms with Crippen LogP contribution < -0.4 is 5.73 Å². The van der Waals surface area contributed by atoms with Crippen LogP contribution in [-0.4, -0.2) is 17.3 Å². The summed E-state index contributed by atoms with van der Waals surface area (Å²) >= 11 is 0. The van der Waals surface area contributed by atoms with Gasteiger partial charge in [0.25, 0.3) is 0 Å². The first-order chi connectivity index (χ1) is 7.12. The van der Waals surface area contributed by atoms with E-state index in [9.17, 15) is 5.11 Å². The second-order valence-corrected chi connectivity index (χ2v) is 5.94. The first-order valence-corrected chi connectivity index (χ1v) is 6.54. The second kappa shape index (κ2) is 4.06. The summed E-state index contributed by atoms with van der Waals surface area (Å²) in [6.45, 7) is 2.91. The van der Waals surface area contributed by atoms with E-state index in [0.29, 0.717) is 12.5 Å². The normalized spacial score (nSPS) is 40.6. The van der Waals surface area contributed by atoms with Crippen molar-refractivity contribution in [3.63, 3.8) is 0 Å². The van der Waals surface area contributed by atoms with Crippen molar-refractivity contribution >= 4 is 0 Å². The largest absolute Gasteiger partial charge is 0.389 e. The fourth-order valence-electron chi connectivity index (χ4n) is 3.79. The van der Waals surface area contributed by atoms with Gasteiger partial charge in [-0.2, -0.15) is 0 Å². The maximum Gasteiger partial charge on any atom is 0.0720 e. The molecule has 2 aliphatic rings. The van der Waals surface area contributed by atoms with Gasteiger partial charge in [0, 0.05) is 12.0 Å². The molecule has 15 heavy (non-hydrogen) atoms. The van der Waals surface area contributed by atoms with E-state index in [2.05, 4.69) is 6.92 Å². The first-order valence-electron chi connectivity index (χ1n) is 6.54. The van der Waals surface area contributed by atoms with Crippen molar-refractivity contribution in [2.75, 3.05) is 6.54 Å². The molecule has 0 heterocycles. The van der Waals surface area contributed by atoms with Crippen LogP contribution in [0.25, 0.3) is 0 Å². The molecule has 2 heteroatoms. The molecule has 0 bridgehead atoms. The topological polar surface area (TPSA) is 46.2 Å². The van der Waals surface area contributed by atoms with Crippen LogP contribution in [-0.2, 0) is 0 Å². The Kier molecular flexibility index (Phi) is 3.09. The lowest BCUT2D eigenvalue weighted by atomic mass is 9.55. The van der Waals surface area contributed by atoms with E-state index in [4.69, 9.17) is 5.73 Å². The third-order valence-electron chi connectivity index (χ3n) is 4.81. The molecule has 0 saturated heterocycles. The average molecular weight is 211 g/mol. The molecule has 0 radical (unpaired) electrons. The molecule has 0 aliphatic heterocycles. The van der Waals surface area contributed by atoms with Crippen molar-refractivity contribution in [3.05, 3.63) is 0 Å². The van der Waals surface area contributed by atoms with Crippen LogP contribution in [0.2, 0.25) is 0 Å². The maximum absolute atomic E-state index is 10.7. The van der Waals surface area contributed by atoms with Gasteiger partial charge in [0.05, 0.1) is 5.60 Å². The molecule has 0 atom stereocenters. The predicted octanol–water partition coefficient (Wildman–Crippen LogP) is 2.45. The summed E-state index contributed by atoms with van der Waals surface area (Å²) in [4.78, 5) is 0. The molecule has 0 unspecified atom stereocenters. The molecule has 0 aromatic rings. The highest BCUT2D eigenvalue weighted by atomic mass is 16.3. The van der Waals surface area contributed by atoms with E-state index in [1.807, 2.05) is 0 Å². The van der Waals surface area contributed by atoms with E-state index < -0.39 is 5.60 Å². The molecule has 0 spiro atoms. The van der Waals surface area contributed by atoms with Gasteiger partial charge in [-0.15, -0.1) is 0 Å². The zero-order valence-electron chi connectivity index (χ0n) is 9.97. The lowest BCUT2D eigenvalue weighted by molar-refractivity contribution is -0.166. The van der Waals surface area contributed by atoms with Crippen LogP contribution in [0, 0.1) is 11.3 Å². The minimum Gasteiger partial charge on any atom is -0.389 e. The van der Waals surface area contributed by atoms with Crippen molar-refractivity contribution in [1.29, 1.82) is 0 Å². The summed E-state index contributed by atoms with van der Waals surface area (Å²) < 4.78 is 0. The fraction of sp³-hybridized carbons (Fsp3) is 1.00. The van der Waals surface area contributed by atoms with Gasteiger partial charge in [-0.1, -0.05) is 32.6 Å². The van der Waals surface area contributed by atoms with Crippen molar-refractivity contribution in [2.45, 2.75) is 63.9 Å². The van der Waals surface area contributed by atoms with E-state index >= 15 is 0 Å². The molecule has 2 aliphatic carbocycles. The van der Waals surface area contributed by atoms with Crippen LogP contribution in [0.15, 0.2) is 0 Å². The summed E-state index contributed by atoms with van der Waals surface area (Å²) in [5.74, 6) is 0.696. The molecular formula is C13H25NO. The molecule has 3 N–H and O–H groups in total. The molecule has 0 aromatic heterocycles. The van der Waals surface area contributed by atoms with Gasteiger partial charge in [-0.25, -0.2) is 0 Å². The van der Waals surface area contributed by atoms with Crippen molar-refractivity contribution in [2.24, 2.45) is 17.1 Å². The van der Waals surface area contributed by atoms with Crippen molar-refractivity contribution in [1.82, 2.24) is 0 Å². The van der Waals surface area contributed by atoms with Crippen LogP contribution >= 0.6 is 0 Å². The number of nitrogens with two attached hydrogens (primary N) is 1. The van der Waals surface area contributed by atoms with Crippen LogP contribution in [0.3, 0.4) is 0 Å². The van der Waals surface area contributed by atoms with Gasteiger partial charge >= 0.3 is 0 Å². The molecule has 0 aromatic carbocycles. The SMILES string of the molecule is CC1CC(O)(C2(CN)CCCCCC2)C1. The van der Waals surface area contributed by atoms with Gasteiger partial charge in [-0.3, -0.25) is 0 Å². The van der Waals surface area contributed by atoms with Crippen molar-refractivity contribution in [3.8, 4) is 0 Å². The molecule has 2 fully saturated rings.